The monoisotopic (exact) mass is 221 g/mol. The van der Waals surface area contributed by atoms with E-state index in [-0.39, 0.29) is 12.0 Å². The highest BCUT2D eigenvalue weighted by molar-refractivity contribution is 5.89. The van der Waals surface area contributed by atoms with E-state index in [1.54, 1.807) is 18.2 Å². The zero-order valence-corrected chi connectivity index (χ0v) is 9.06. The average molecular weight is 221 g/mol. The molecule has 0 radical (unpaired) electrons. The summed E-state index contributed by atoms with van der Waals surface area (Å²) in [5.41, 5.74) is 0.458. The Hall–Kier alpha value is -1.84. The molecule has 0 unspecified atom stereocenters. The van der Waals surface area contributed by atoms with Gasteiger partial charge in [-0.25, -0.2) is 0 Å². The van der Waals surface area contributed by atoms with Crippen molar-refractivity contribution < 1.29 is 19.4 Å². The third-order valence-corrected chi connectivity index (χ3v) is 2.04. The summed E-state index contributed by atoms with van der Waals surface area (Å²) in [6, 6.07) is 6.26. The molecule has 0 N–H and O–H groups in total. The van der Waals surface area contributed by atoms with E-state index in [1.165, 1.54) is 6.07 Å². The van der Waals surface area contributed by atoms with Gasteiger partial charge in [0.1, 0.15) is 0 Å². The summed E-state index contributed by atoms with van der Waals surface area (Å²) in [5.74, 6) is -1.70. The molecule has 1 rings (SSSR count). The molecule has 4 nitrogen and oxygen atoms in total. The minimum Gasteiger partial charge on any atom is -0.545 e. The maximum absolute atomic E-state index is 11.3. The molecule has 0 aliphatic carbocycles. The molecular weight excluding hydrogens is 208 g/mol. The van der Waals surface area contributed by atoms with Gasteiger partial charge in [-0.1, -0.05) is 31.2 Å². The fraction of sp³-hybridized carbons (Fsp3) is 0.333. The van der Waals surface area contributed by atoms with Gasteiger partial charge >= 0.3 is 5.97 Å². The van der Waals surface area contributed by atoms with Crippen molar-refractivity contribution in [1.29, 1.82) is 0 Å². The van der Waals surface area contributed by atoms with E-state index in [2.05, 4.69) is 0 Å². The van der Waals surface area contributed by atoms with Gasteiger partial charge in [-0.2, -0.15) is 0 Å². The van der Waals surface area contributed by atoms with Crippen molar-refractivity contribution in [2.75, 3.05) is 6.61 Å². The van der Waals surface area contributed by atoms with Crippen LogP contribution in [0.5, 0.6) is 0 Å². The maximum atomic E-state index is 11.3. The van der Waals surface area contributed by atoms with E-state index in [0.717, 1.165) is 6.42 Å². The molecule has 0 aliphatic heterocycles. The standard InChI is InChI=1S/C12H14O4/c1-2-7-16-11(13)8-9-5-3-4-6-10(9)12(14)15/h3-6H,2,7-8H2,1H3,(H,14,15)/p-1. The summed E-state index contributed by atoms with van der Waals surface area (Å²) in [5, 5.41) is 10.8. The molecule has 16 heavy (non-hydrogen) atoms. The topological polar surface area (TPSA) is 66.4 Å². The highest BCUT2D eigenvalue weighted by Crippen LogP contribution is 2.09. The largest absolute Gasteiger partial charge is 0.545 e. The van der Waals surface area contributed by atoms with Gasteiger partial charge in [-0.05, 0) is 12.0 Å². The maximum Gasteiger partial charge on any atom is 0.310 e. The third kappa shape index (κ3) is 3.38. The number of hydrogen-bond donors (Lipinski definition) is 0. The molecular formula is C12H13O4-. The number of ether oxygens (including phenoxy) is 1. The summed E-state index contributed by atoms with van der Waals surface area (Å²) < 4.78 is 4.88. The first-order valence-corrected chi connectivity index (χ1v) is 5.10. The van der Waals surface area contributed by atoms with Gasteiger partial charge in [0.25, 0.3) is 0 Å². The van der Waals surface area contributed by atoms with Crippen LogP contribution in [0.4, 0.5) is 0 Å². The molecule has 0 aromatic heterocycles. The lowest BCUT2D eigenvalue weighted by molar-refractivity contribution is -0.255. The van der Waals surface area contributed by atoms with E-state index >= 15 is 0 Å². The fourth-order valence-corrected chi connectivity index (χ4v) is 1.30. The number of benzene rings is 1. The van der Waals surface area contributed by atoms with Gasteiger partial charge in [-0.3, -0.25) is 4.79 Å². The number of carbonyl (C=O) groups is 2. The fourth-order valence-electron chi connectivity index (χ4n) is 1.30. The molecule has 0 bridgehead atoms. The number of rotatable bonds is 5. The molecule has 4 heteroatoms. The van der Waals surface area contributed by atoms with E-state index < -0.39 is 11.9 Å². The SMILES string of the molecule is CCCOC(=O)Cc1ccccc1C(=O)[O-]. The molecule has 0 atom stereocenters. The molecule has 86 valence electrons. The summed E-state index contributed by atoms with van der Waals surface area (Å²) in [7, 11) is 0. The normalized spacial score (nSPS) is 9.81. The Labute approximate surface area is 93.9 Å². The van der Waals surface area contributed by atoms with Crippen LogP contribution in [0.25, 0.3) is 0 Å². The van der Waals surface area contributed by atoms with Crippen LogP contribution in [0.3, 0.4) is 0 Å². The van der Waals surface area contributed by atoms with Crippen molar-refractivity contribution in [3.05, 3.63) is 35.4 Å². The van der Waals surface area contributed by atoms with Crippen molar-refractivity contribution in [2.45, 2.75) is 19.8 Å². The lowest BCUT2D eigenvalue weighted by Crippen LogP contribution is -2.24. The van der Waals surface area contributed by atoms with Crippen LogP contribution in [-0.2, 0) is 16.0 Å². The van der Waals surface area contributed by atoms with Crippen LogP contribution >= 0.6 is 0 Å². The van der Waals surface area contributed by atoms with Crippen LogP contribution in [0.1, 0.15) is 29.3 Å². The molecule has 0 amide bonds. The van der Waals surface area contributed by atoms with Gasteiger partial charge < -0.3 is 14.6 Å². The van der Waals surface area contributed by atoms with E-state index in [4.69, 9.17) is 4.74 Å². The van der Waals surface area contributed by atoms with Gasteiger partial charge in [0.2, 0.25) is 0 Å². The van der Waals surface area contributed by atoms with Crippen molar-refractivity contribution in [2.24, 2.45) is 0 Å². The molecule has 1 aromatic carbocycles. The van der Waals surface area contributed by atoms with Crippen molar-refractivity contribution in [3.63, 3.8) is 0 Å². The quantitative estimate of drug-likeness (QED) is 0.681. The van der Waals surface area contributed by atoms with Gasteiger partial charge in [0, 0.05) is 5.56 Å². The highest BCUT2D eigenvalue weighted by Gasteiger charge is 2.08. The number of hydrogen-bond acceptors (Lipinski definition) is 4. The number of carboxylic acid groups (broad SMARTS) is 1. The number of carboxylic acids is 1. The van der Waals surface area contributed by atoms with Gasteiger partial charge in [-0.15, -0.1) is 0 Å². The summed E-state index contributed by atoms with van der Waals surface area (Å²) in [6.45, 7) is 2.24. The van der Waals surface area contributed by atoms with Gasteiger partial charge in [0.15, 0.2) is 0 Å². The van der Waals surface area contributed by atoms with E-state index in [9.17, 15) is 14.7 Å². The van der Waals surface area contributed by atoms with Crippen LogP contribution < -0.4 is 5.11 Å². The Morgan fingerprint density at radius 2 is 2.00 bits per heavy atom. The van der Waals surface area contributed by atoms with Crippen LogP contribution in [0.2, 0.25) is 0 Å². The zero-order valence-electron chi connectivity index (χ0n) is 9.06. The predicted octanol–water partition coefficient (Wildman–Crippen LogP) is 0.546. The second-order valence-corrected chi connectivity index (χ2v) is 3.34. The summed E-state index contributed by atoms with van der Waals surface area (Å²) in [4.78, 5) is 22.1. The van der Waals surface area contributed by atoms with Crippen LogP contribution in [0, 0.1) is 0 Å². The van der Waals surface area contributed by atoms with Crippen molar-refractivity contribution in [1.82, 2.24) is 0 Å². The predicted molar refractivity (Wildman–Crippen MR) is 55.7 cm³/mol. The smallest absolute Gasteiger partial charge is 0.310 e. The summed E-state index contributed by atoms with van der Waals surface area (Å²) in [6.07, 6.45) is 0.706. The highest BCUT2D eigenvalue weighted by atomic mass is 16.5. The number of carbonyl (C=O) groups excluding carboxylic acids is 2. The van der Waals surface area contributed by atoms with Crippen LogP contribution in [-0.4, -0.2) is 18.5 Å². The minimum atomic E-state index is -1.28. The Morgan fingerprint density at radius 3 is 2.62 bits per heavy atom. The van der Waals surface area contributed by atoms with Crippen LogP contribution in [0.15, 0.2) is 24.3 Å². The number of aromatic carboxylic acids is 1. The van der Waals surface area contributed by atoms with Crippen molar-refractivity contribution in [3.8, 4) is 0 Å². The Morgan fingerprint density at radius 1 is 1.31 bits per heavy atom. The first-order chi connectivity index (χ1) is 7.65. The van der Waals surface area contributed by atoms with Gasteiger partial charge in [0.05, 0.1) is 19.0 Å². The molecule has 0 spiro atoms. The Bertz CT molecular complexity index is 384. The molecule has 0 fully saturated rings. The molecule has 0 saturated heterocycles. The molecule has 1 aromatic rings. The van der Waals surface area contributed by atoms with Crippen molar-refractivity contribution >= 4 is 11.9 Å². The average Bonchev–Trinajstić information content (AvgIpc) is 2.27. The second kappa shape index (κ2) is 5.90. The molecule has 0 aliphatic rings. The third-order valence-electron chi connectivity index (χ3n) is 2.04. The van der Waals surface area contributed by atoms with E-state index in [0.29, 0.717) is 12.2 Å². The number of esters is 1. The lowest BCUT2D eigenvalue weighted by Gasteiger charge is -2.09. The molecule has 0 saturated carbocycles. The second-order valence-electron chi connectivity index (χ2n) is 3.34. The Kier molecular flexibility index (Phi) is 4.51. The van der Waals surface area contributed by atoms with E-state index in [1.807, 2.05) is 6.92 Å². The minimum absolute atomic E-state index is 0.0375. The zero-order chi connectivity index (χ0) is 12.0. The first kappa shape index (κ1) is 12.2. The summed E-state index contributed by atoms with van der Waals surface area (Å²) >= 11 is 0. The lowest BCUT2D eigenvalue weighted by atomic mass is 10.1. The first-order valence-electron chi connectivity index (χ1n) is 5.10. The Balaban J connectivity index is 2.73. The molecule has 0 heterocycles.